The van der Waals surface area contributed by atoms with Gasteiger partial charge in [-0.05, 0) is 30.2 Å². The van der Waals surface area contributed by atoms with E-state index in [4.69, 9.17) is 4.52 Å². The van der Waals surface area contributed by atoms with Gasteiger partial charge in [-0.15, -0.1) is 0 Å². The Bertz CT molecular complexity index is 1270. The summed E-state index contributed by atoms with van der Waals surface area (Å²) >= 11 is 0. The molecule has 3 N–H and O–H groups in total. The molecule has 1 aromatic heterocycles. The van der Waals surface area contributed by atoms with Crippen LogP contribution >= 0.6 is 0 Å². The Morgan fingerprint density at radius 3 is 2.18 bits per heavy atom. The Labute approximate surface area is 187 Å². The molecule has 0 radical (unpaired) electrons. The lowest BCUT2D eigenvalue weighted by Gasteiger charge is -2.16. The molecule has 0 saturated carbocycles. The zero-order chi connectivity index (χ0) is 24.3. The number of anilines is 1. The summed E-state index contributed by atoms with van der Waals surface area (Å²) in [5.74, 6) is -4.54. The van der Waals surface area contributed by atoms with Crippen molar-refractivity contribution in [2.75, 3.05) is 4.72 Å². The van der Waals surface area contributed by atoms with E-state index in [0.717, 1.165) is 0 Å². The number of nitrogens with one attached hydrogen (secondary N) is 2. The molecule has 1 amide bonds. The fourth-order valence-electron chi connectivity index (χ4n) is 2.85. The monoisotopic (exact) mass is 479 g/mol. The minimum atomic E-state index is -4.23. The highest BCUT2D eigenvalue weighted by Gasteiger charge is 2.26. The summed E-state index contributed by atoms with van der Waals surface area (Å²) in [5, 5.41) is 15.3. The predicted molar refractivity (Wildman–Crippen MR) is 113 cm³/mol. The lowest BCUT2D eigenvalue weighted by molar-refractivity contribution is -0.140. The van der Waals surface area contributed by atoms with E-state index >= 15 is 0 Å². The molecule has 0 saturated heterocycles. The molecule has 1 heterocycles. The van der Waals surface area contributed by atoms with Crippen molar-refractivity contribution in [3.63, 3.8) is 0 Å². The molecule has 0 unspecified atom stereocenters. The summed E-state index contributed by atoms with van der Waals surface area (Å²) in [5.41, 5.74) is 0.834. The van der Waals surface area contributed by atoms with Crippen LogP contribution in [0, 0.1) is 17.6 Å². The third kappa shape index (κ3) is 5.71. The molecular formula is C21H19F2N3O6S. The molecule has 0 aliphatic carbocycles. The van der Waals surface area contributed by atoms with E-state index in [1.54, 1.807) is 13.8 Å². The van der Waals surface area contributed by atoms with Crippen molar-refractivity contribution in [2.24, 2.45) is 5.92 Å². The van der Waals surface area contributed by atoms with Crippen LogP contribution in [0.25, 0.3) is 11.3 Å². The van der Waals surface area contributed by atoms with Crippen molar-refractivity contribution in [2.45, 2.75) is 24.8 Å². The molecule has 0 bridgehead atoms. The van der Waals surface area contributed by atoms with Gasteiger partial charge in [0.05, 0.1) is 4.90 Å². The van der Waals surface area contributed by atoms with Crippen molar-refractivity contribution in [1.29, 1.82) is 0 Å². The first kappa shape index (κ1) is 23.9. The first-order chi connectivity index (χ1) is 15.5. The molecule has 0 spiro atoms. The lowest BCUT2D eigenvalue weighted by Crippen LogP contribution is -2.44. The maximum absolute atomic E-state index is 13.3. The normalized spacial score (nSPS) is 12.4. The number of nitrogens with zero attached hydrogens (tertiary/aromatic N) is 1. The van der Waals surface area contributed by atoms with Crippen LogP contribution in [-0.4, -0.2) is 36.6 Å². The number of carboxylic acids is 1. The molecule has 12 heteroatoms. The van der Waals surface area contributed by atoms with Crippen LogP contribution in [0.1, 0.15) is 24.4 Å². The summed E-state index contributed by atoms with van der Waals surface area (Å²) < 4.78 is 58.6. The largest absolute Gasteiger partial charge is 0.480 e. The van der Waals surface area contributed by atoms with Gasteiger partial charge in [-0.2, -0.15) is 0 Å². The van der Waals surface area contributed by atoms with Gasteiger partial charge in [-0.3, -0.25) is 9.52 Å². The Balaban J connectivity index is 1.74. The summed E-state index contributed by atoms with van der Waals surface area (Å²) in [7, 11) is -4.23. The number of hydrogen-bond donors (Lipinski definition) is 3. The number of carbonyl (C=O) groups excluding carboxylic acids is 1. The third-order valence-corrected chi connectivity index (χ3v) is 5.89. The quantitative estimate of drug-likeness (QED) is 0.451. The smallest absolute Gasteiger partial charge is 0.326 e. The average molecular weight is 479 g/mol. The summed E-state index contributed by atoms with van der Waals surface area (Å²) in [6, 6.07) is 7.88. The van der Waals surface area contributed by atoms with Gasteiger partial charge in [-0.1, -0.05) is 31.1 Å². The highest BCUT2D eigenvalue weighted by Crippen LogP contribution is 2.24. The van der Waals surface area contributed by atoms with Crippen LogP contribution in [-0.2, 0) is 14.8 Å². The first-order valence-electron chi connectivity index (χ1n) is 9.56. The van der Waals surface area contributed by atoms with Gasteiger partial charge in [0.15, 0.2) is 0 Å². The molecule has 33 heavy (non-hydrogen) atoms. The van der Waals surface area contributed by atoms with Crippen molar-refractivity contribution < 1.29 is 36.4 Å². The number of amides is 1. The van der Waals surface area contributed by atoms with Gasteiger partial charge in [-0.25, -0.2) is 22.0 Å². The summed E-state index contributed by atoms with van der Waals surface area (Å²) in [4.78, 5) is 22.9. The van der Waals surface area contributed by atoms with E-state index in [-0.39, 0.29) is 23.1 Å². The zero-order valence-electron chi connectivity index (χ0n) is 17.4. The Hall–Kier alpha value is -3.80. The van der Waals surface area contributed by atoms with Gasteiger partial charge in [0.2, 0.25) is 5.76 Å². The second-order valence-corrected chi connectivity index (χ2v) is 9.08. The van der Waals surface area contributed by atoms with E-state index in [9.17, 15) is 31.9 Å². The number of aromatic nitrogens is 1. The highest BCUT2D eigenvalue weighted by atomic mass is 32.2. The number of sulfonamides is 1. The predicted octanol–water partition coefficient (Wildman–Crippen LogP) is 3.26. The van der Waals surface area contributed by atoms with E-state index in [2.05, 4.69) is 15.2 Å². The molecule has 9 nitrogen and oxygen atoms in total. The van der Waals surface area contributed by atoms with Crippen molar-refractivity contribution in [1.82, 2.24) is 10.5 Å². The zero-order valence-corrected chi connectivity index (χ0v) is 18.2. The number of carbonyl (C=O) groups is 2. The van der Waals surface area contributed by atoms with E-state index in [1.165, 1.54) is 30.3 Å². The minimum absolute atomic E-state index is 0.117. The maximum atomic E-state index is 13.3. The van der Waals surface area contributed by atoms with Crippen LogP contribution in [0.3, 0.4) is 0 Å². The second-order valence-electron chi connectivity index (χ2n) is 7.40. The third-order valence-electron chi connectivity index (χ3n) is 4.53. The molecule has 0 aliphatic heterocycles. The number of halogens is 2. The van der Waals surface area contributed by atoms with Crippen LogP contribution in [0.5, 0.6) is 0 Å². The van der Waals surface area contributed by atoms with Crippen LogP contribution in [0.15, 0.2) is 57.9 Å². The van der Waals surface area contributed by atoms with Crippen LogP contribution in [0.4, 0.5) is 14.5 Å². The minimum Gasteiger partial charge on any atom is -0.480 e. The van der Waals surface area contributed by atoms with Crippen molar-refractivity contribution >= 4 is 27.6 Å². The molecule has 0 aliphatic rings. The lowest BCUT2D eigenvalue weighted by atomic mass is 10.0. The van der Waals surface area contributed by atoms with Crippen LogP contribution < -0.4 is 10.0 Å². The Kier molecular flexibility index (Phi) is 6.77. The number of hydrogen-bond acceptors (Lipinski definition) is 6. The van der Waals surface area contributed by atoms with Gasteiger partial charge in [0.1, 0.15) is 23.4 Å². The van der Waals surface area contributed by atoms with Gasteiger partial charge < -0.3 is 14.9 Å². The molecule has 0 fully saturated rings. The number of benzene rings is 2. The highest BCUT2D eigenvalue weighted by molar-refractivity contribution is 7.92. The maximum Gasteiger partial charge on any atom is 0.326 e. The number of carboxylic acid groups (broad SMARTS) is 1. The fourth-order valence-corrected chi connectivity index (χ4v) is 3.95. The molecule has 3 aromatic rings. The van der Waals surface area contributed by atoms with E-state index < -0.39 is 44.5 Å². The van der Waals surface area contributed by atoms with Crippen LogP contribution in [0.2, 0.25) is 0 Å². The van der Waals surface area contributed by atoms with E-state index in [1.807, 2.05) is 0 Å². The topological polar surface area (TPSA) is 139 Å². The number of aliphatic carboxylic acids is 1. The summed E-state index contributed by atoms with van der Waals surface area (Å²) in [6.07, 6.45) is 0. The van der Waals surface area contributed by atoms with Crippen molar-refractivity contribution in [3.8, 4) is 11.3 Å². The fraction of sp³-hybridized carbons (Fsp3) is 0.190. The van der Waals surface area contributed by atoms with Crippen molar-refractivity contribution in [3.05, 3.63) is 65.9 Å². The van der Waals surface area contributed by atoms with Gasteiger partial charge >= 0.3 is 5.97 Å². The Morgan fingerprint density at radius 1 is 1.03 bits per heavy atom. The average Bonchev–Trinajstić information content (AvgIpc) is 3.21. The molecule has 3 rings (SSSR count). The van der Waals surface area contributed by atoms with E-state index in [0.29, 0.717) is 23.8 Å². The molecule has 1 atom stereocenters. The van der Waals surface area contributed by atoms with Gasteiger partial charge in [0, 0.05) is 23.4 Å². The second kappa shape index (κ2) is 9.36. The van der Waals surface area contributed by atoms with Gasteiger partial charge in [0.25, 0.3) is 15.9 Å². The molecular weight excluding hydrogens is 460 g/mol. The Morgan fingerprint density at radius 2 is 1.64 bits per heavy atom. The summed E-state index contributed by atoms with van der Waals surface area (Å²) in [6.45, 7) is 3.29. The number of rotatable bonds is 8. The molecule has 174 valence electrons. The SMILES string of the molecule is CC(C)[C@@H](NC(=O)c1cc(-c2ccc(NS(=O)(=O)c3cc(F)cc(F)c3)cc2)no1)C(=O)O. The molecule has 2 aromatic carbocycles. The standard InChI is InChI=1S/C21H19F2N3O6S/c1-11(2)19(21(28)29)24-20(27)18-10-17(25-32-18)12-3-5-15(6-4-12)26-33(30,31)16-8-13(22)7-14(23)9-16/h3-11,19,26H,1-2H3,(H,24,27)(H,28,29)/t19-/m1/s1. The first-order valence-corrected chi connectivity index (χ1v) is 11.0.